The number of hydrogen-bond donors (Lipinski definition) is 1. The summed E-state index contributed by atoms with van der Waals surface area (Å²) >= 11 is 0. The molecule has 0 aliphatic heterocycles. The molecule has 0 unspecified atom stereocenters. The third-order valence-corrected chi connectivity index (χ3v) is 3.11. The number of nitrogens with one attached hydrogen (secondary N) is 1. The van der Waals surface area contributed by atoms with Gasteiger partial charge in [-0.25, -0.2) is 0 Å². The minimum absolute atomic E-state index is 0.0950. The molecule has 0 radical (unpaired) electrons. The molecule has 1 fully saturated rings. The molecule has 2 rings (SSSR count). The summed E-state index contributed by atoms with van der Waals surface area (Å²) in [4.78, 5) is 11.6. The maximum absolute atomic E-state index is 11.6. The van der Waals surface area contributed by atoms with Crippen molar-refractivity contribution in [3.8, 4) is 0 Å². The quantitative estimate of drug-likeness (QED) is 0.806. The molecular formula is C12H17NO2. The molecule has 0 atom stereocenters. The minimum atomic E-state index is -0.0950. The molecule has 1 aliphatic carbocycles. The van der Waals surface area contributed by atoms with E-state index in [0.29, 0.717) is 11.2 Å². The van der Waals surface area contributed by atoms with Crippen LogP contribution < -0.4 is 5.32 Å². The van der Waals surface area contributed by atoms with Gasteiger partial charge in [0.25, 0.3) is 5.91 Å². The number of carbonyl (C=O) groups is 1. The van der Waals surface area contributed by atoms with E-state index in [1.165, 1.54) is 31.9 Å². The molecule has 1 saturated carbocycles. The molecule has 0 spiro atoms. The molecule has 0 saturated heterocycles. The Morgan fingerprint density at radius 2 is 2.40 bits per heavy atom. The predicted octanol–water partition coefficient (Wildman–Crippen LogP) is 2.59. The Morgan fingerprint density at radius 1 is 1.60 bits per heavy atom. The largest absolute Gasteiger partial charge is 0.459 e. The average molecular weight is 207 g/mol. The van der Waals surface area contributed by atoms with Crippen LogP contribution in [0.15, 0.2) is 22.8 Å². The monoisotopic (exact) mass is 207 g/mol. The molecule has 0 aromatic carbocycles. The fourth-order valence-corrected chi connectivity index (χ4v) is 1.98. The maximum atomic E-state index is 11.6. The van der Waals surface area contributed by atoms with Crippen LogP contribution in [0, 0.1) is 5.41 Å². The average Bonchev–Trinajstić information content (AvgIpc) is 2.81. The zero-order valence-electron chi connectivity index (χ0n) is 9.08. The molecule has 3 heteroatoms. The highest BCUT2D eigenvalue weighted by Gasteiger charge is 2.41. The minimum Gasteiger partial charge on any atom is -0.459 e. The molecule has 1 aromatic rings. The van der Waals surface area contributed by atoms with Crippen LogP contribution in [-0.4, -0.2) is 12.5 Å². The van der Waals surface area contributed by atoms with Gasteiger partial charge in [0.05, 0.1) is 6.26 Å². The number of hydrogen-bond acceptors (Lipinski definition) is 2. The Morgan fingerprint density at radius 3 is 2.93 bits per heavy atom. The third-order valence-electron chi connectivity index (χ3n) is 3.11. The lowest BCUT2D eigenvalue weighted by Crippen LogP contribution is -2.29. The van der Waals surface area contributed by atoms with Gasteiger partial charge in [-0.1, -0.05) is 13.3 Å². The highest BCUT2D eigenvalue weighted by Crippen LogP contribution is 2.48. The molecule has 82 valence electrons. The Hall–Kier alpha value is -1.25. The second kappa shape index (κ2) is 4.09. The lowest BCUT2D eigenvalue weighted by molar-refractivity contribution is 0.0916. The summed E-state index contributed by atoms with van der Waals surface area (Å²) in [7, 11) is 0. The Bertz CT molecular complexity index is 325. The van der Waals surface area contributed by atoms with Gasteiger partial charge in [0.1, 0.15) is 0 Å². The summed E-state index contributed by atoms with van der Waals surface area (Å²) in [6.07, 6.45) is 6.43. The summed E-state index contributed by atoms with van der Waals surface area (Å²) in [6, 6.07) is 3.42. The van der Waals surface area contributed by atoms with Gasteiger partial charge in [0, 0.05) is 6.54 Å². The van der Waals surface area contributed by atoms with E-state index in [2.05, 4.69) is 12.2 Å². The first kappa shape index (κ1) is 10.3. The lowest BCUT2D eigenvalue weighted by Gasteiger charge is -2.13. The molecule has 1 aromatic heterocycles. The van der Waals surface area contributed by atoms with Crippen LogP contribution in [0.25, 0.3) is 0 Å². The van der Waals surface area contributed by atoms with Gasteiger partial charge in [-0.15, -0.1) is 0 Å². The van der Waals surface area contributed by atoms with E-state index in [1.54, 1.807) is 12.1 Å². The van der Waals surface area contributed by atoms with Gasteiger partial charge in [-0.3, -0.25) is 4.79 Å². The molecule has 1 heterocycles. The van der Waals surface area contributed by atoms with E-state index >= 15 is 0 Å². The Balaban J connectivity index is 1.81. The summed E-state index contributed by atoms with van der Waals surface area (Å²) in [6.45, 7) is 2.98. The zero-order valence-corrected chi connectivity index (χ0v) is 9.08. The highest BCUT2D eigenvalue weighted by atomic mass is 16.3. The molecule has 1 amide bonds. The molecule has 1 N–H and O–H groups in total. The maximum Gasteiger partial charge on any atom is 0.286 e. The van der Waals surface area contributed by atoms with Crippen molar-refractivity contribution in [1.29, 1.82) is 0 Å². The molecule has 1 aliphatic rings. The lowest BCUT2D eigenvalue weighted by atomic mass is 10.0. The van der Waals surface area contributed by atoms with Gasteiger partial charge in [0.2, 0.25) is 0 Å². The van der Waals surface area contributed by atoms with Crippen molar-refractivity contribution in [2.45, 2.75) is 32.6 Å². The van der Waals surface area contributed by atoms with Crippen molar-refractivity contribution in [2.75, 3.05) is 6.54 Å². The second-order valence-corrected chi connectivity index (χ2v) is 4.41. The molecular weight excluding hydrogens is 190 g/mol. The van der Waals surface area contributed by atoms with Crippen LogP contribution in [0.1, 0.15) is 43.2 Å². The third kappa shape index (κ3) is 2.41. The van der Waals surface area contributed by atoms with Crippen LogP contribution in [0.3, 0.4) is 0 Å². The first-order chi connectivity index (χ1) is 7.26. The van der Waals surface area contributed by atoms with Crippen molar-refractivity contribution in [3.63, 3.8) is 0 Å². The SMILES string of the molecule is CCCC1(CNC(=O)c2ccco2)CC1. The fourth-order valence-electron chi connectivity index (χ4n) is 1.98. The fraction of sp³-hybridized carbons (Fsp3) is 0.583. The zero-order chi connectivity index (χ0) is 10.7. The number of amides is 1. The van der Waals surface area contributed by atoms with E-state index in [1.807, 2.05) is 0 Å². The van der Waals surface area contributed by atoms with E-state index in [4.69, 9.17) is 4.42 Å². The molecule has 0 bridgehead atoms. The number of furan rings is 1. The Kier molecular flexibility index (Phi) is 2.80. The van der Waals surface area contributed by atoms with Crippen molar-refractivity contribution in [2.24, 2.45) is 5.41 Å². The molecule has 3 nitrogen and oxygen atoms in total. The van der Waals surface area contributed by atoms with Crippen molar-refractivity contribution in [1.82, 2.24) is 5.32 Å². The first-order valence-electron chi connectivity index (χ1n) is 5.57. The van der Waals surface area contributed by atoms with Gasteiger partial charge in [0.15, 0.2) is 5.76 Å². The van der Waals surface area contributed by atoms with Crippen LogP contribution in [0.2, 0.25) is 0 Å². The van der Waals surface area contributed by atoms with E-state index in [0.717, 1.165) is 6.54 Å². The van der Waals surface area contributed by atoms with E-state index < -0.39 is 0 Å². The standard InChI is InChI=1S/C12H17NO2/c1-2-5-12(6-7-12)9-13-11(14)10-4-3-8-15-10/h3-4,8H,2,5-7,9H2,1H3,(H,13,14). The van der Waals surface area contributed by atoms with Gasteiger partial charge in [-0.2, -0.15) is 0 Å². The summed E-state index contributed by atoms with van der Waals surface area (Å²) in [5.74, 6) is 0.310. The van der Waals surface area contributed by atoms with Crippen LogP contribution in [0.4, 0.5) is 0 Å². The normalized spacial score (nSPS) is 17.4. The summed E-state index contributed by atoms with van der Waals surface area (Å²) in [5.41, 5.74) is 0.400. The van der Waals surface area contributed by atoms with Crippen LogP contribution >= 0.6 is 0 Å². The second-order valence-electron chi connectivity index (χ2n) is 4.41. The Labute approximate surface area is 89.9 Å². The van der Waals surface area contributed by atoms with Gasteiger partial charge >= 0.3 is 0 Å². The summed E-state index contributed by atoms with van der Waals surface area (Å²) in [5, 5.41) is 2.94. The topological polar surface area (TPSA) is 42.2 Å². The van der Waals surface area contributed by atoms with Crippen LogP contribution in [-0.2, 0) is 0 Å². The summed E-state index contributed by atoms with van der Waals surface area (Å²) < 4.78 is 5.03. The predicted molar refractivity (Wildman–Crippen MR) is 57.6 cm³/mol. The smallest absolute Gasteiger partial charge is 0.286 e. The van der Waals surface area contributed by atoms with Gasteiger partial charge in [-0.05, 0) is 36.8 Å². The number of rotatable bonds is 5. The molecule has 15 heavy (non-hydrogen) atoms. The van der Waals surface area contributed by atoms with E-state index in [-0.39, 0.29) is 5.91 Å². The highest BCUT2D eigenvalue weighted by molar-refractivity contribution is 5.91. The van der Waals surface area contributed by atoms with Gasteiger partial charge < -0.3 is 9.73 Å². The number of carbonyl (C=O) groups excluding carboxylic acids is 1. The van der Waals surface area contributed by atoms with E-state index in [9.17, 15) is 4.79 Å². The van der Waals surface area contributed by atoms with Crippen molar-refractivity contribution < 1.29 is 9.21 Å². The first-order valence-corrected chi connectivity index (χ1v) is 5.57. The van der Waals surface area contributed by atoms with Crippen molar-refractivity contribution in [3.05, 3.63) is 24.2 Å². The van der Waals surface area contributed by atoms with Crippen LogP contribution in [0.5, 0.6) is 0 Å². The van der Waals surface area contributed by atoms with Crippen molar-refractivity contribution >= 4 is 5.91 Å².